The summed E-state index contributed by atoms with van der Waals surface area (Å²) < 4.78 is 7.01. The minimum atomic E-state index is -0.870. The zero-order valence-electron chi connectivity index (χ0n) is 10.1. The average molecular weight is 245 g/mol. The topological polar surface area (TPSA) is 44.1 Å². The fourth-order valence-corrected chi connectivity index (χ4v) is 1.77. The average Bonchev–Trinajstić information content (AvgIpc) is 2.58. The van der Waals surface area contributed by atoms with Crippen LogP contribution in [-0.4, -0.2) is 27.8 Å². The molecule has 0 fully saturated rings. The smallest absolute Gasteiger partial charge is 0.213 e. The Morgan fingerprint density at radius 3 is 2.69 bits per heavy atom. The molecule has 16 heavy (non-hydrogen) atoms. The van der Waals surface area contributed by atoms with Gasteiger partial charge in [-0.3, -0.25) is 9.48 Å². The summed E-state index contributed by atoms with van der Waals surface area (Å²) in [6, 6.07) is 0. The molecule has 5 heteroatoms. The van der Waals surface area contributed by atoms with E-state index in [4.69, 9.17) is 16.3 Å². The third-order valence-electron chi connectivity index (χ3n) is 2.36. The molecule has 0 saturated heterocycles. The number of aryl methyl sites for hydroxylation is 1. The fourth-order valence-electron chi connectivity index (χ4n) is 1.54. The maximum Gasteiger partial charge on any atom is 0.213 e. The predicted molar refractivity (Wildman–Crippen MR) is 62.9 cm³/mol. The SMILES string of the molecule is CCOC(C)(C)C(=O)c1c(Cl)cnn1CC. The first-order valence-electron chi connectivity index (χ1n) is 5.34. The molecule has 1 heterocycles. The molecule has 0 aliphatic heterocycles. The van der Waals surface area contributed by atoms with Crippen molar-refractivity contribution in [1.82, 2.24) is 9.78 Å². The zero-order chi connectivity index (χ0) is 12.3. The first-order valence-corrected chi connectivity index (χ1v) is 5.71. The highest BCUT2D eigenvalue weighted by atomic mass is 35.5. The van der Waals surface area contributed by atoms with Gasteiger partial charge >= 0.3 is 0 Å². The largest absolute Gasteiger partial charge is 0.368 e. The molecule has 0 aliphatic carbocycles. The molecule has 4 nitrogen and oxygen atoms in total. The second-order valence-corrected chi connectivity index (χ2v) is 4.34. The van der Waals surface area contributed by atoms with Crippen LogP contribution in [0.1, 0.15) is 38.2 Å². The van der Waals surface area contributed by atoms with Gasteiger partial charge in [0.2, 0.25) is 5.78 Å². The lowest BCUT2D eigenvalue weighted by Crippen LogP contribution is -2.36. The quantitative estimate of drug-likeness (QED) is 0.748. The van der Waals surface area contributed by atoms with E-state index in [1.54, 1.807) is 18.5 Å². The van der Waals surface area contributed by atoms with E-state index in [1.165, 1.54) is 6.20 Å². The lowest BCUT2D eigenvalue weighted by atomic mass is 10.0. The van der Waals surface area contributed by atoms with Crippen LogP contribution in [0, 0.1) is 0 Å². The Balaban J connectivity index is 3.08. The number of hydrogen-bond donors (Lipinski definition) is 0. The summed E-state index contributed by atoms with van der Waals surface area (Å²) in [7, 11) is 0. The van der Waals surface area contributed by atoms with Gasteiger partial charge in [-0.2, -0.15) is 5.10 Å². The van der Waals surface area contributed by atoms with Crippen LogP contribution in [0.25, 0.3) is 0 Å². The van der Waals surface area contributed by atoms with Gasteiger partial charge in [-0.15, -0.1) is 0 Å². The van der Waals surface area contributed by atoms with E-state index in [-0.39, 0.29) is 5.78 Å². The van der Waals surface area contributed by atoms with Gasteiger partial charge in [-0.1, -0.05) is 11.6 Å². The number of ketones is 1. The maximum absolute atomic E-state index is 12.2. The lowest BCUT2D eigenvalue weighted by Gasteiger charge is -2.23. The van der Waals surface area contributed by atoms with Gasteiger partial charge < -0.3 is 4.74 Å². The number of aromatic nitrogens is 2. The molecule has 0 unspecified atom stereocenters. The molecule has 0 spiro atoms. The molecule has 0 bridgehead atoms. The summed E-state index contributed by atoms with van der Waals surface area (Å²) in [4.78, 5) is 12.2. The van der Waals surface area contributed by atoms with Gasteiger partial charge in [-0.05, 0) is 27.7 Å². The zero-order valence-corrected chi connectivity index (χ0v) is 10.8. The second-order valence-electron chi connectivity index (χ2n) is 3.93. The molecule has 0 aliphatic rings. The Morgan fingerprint density at radius 1 is 1.56 bits per heavy atom. The minimum absolute atomic E-state index is 0.140. The van der Waals surface area contributed by atoms with E-state index >= 15 is 0 Å². The number of ether oxygens (including phenoxy) is 1. The van der Waals surface area contributed by atoms with Gasteiger partial charge in [0.25, 0.3) is 0 Å². The van der Waals surface area contributed by atoms with Gasteiger partial charge in [0.15, 0.2) is 0 Å². The van der Waals surface area contributed by atoms with Crippen LogP contribution in [-0.2, 0) is 11.3 Å². The van der Waals surface area contributed by atoms with Crippen molar-refractivity contribution in [2.24, 2.45) is 0 Å². The van der Waals surface area contributed by atoms with Crippen molar-refractivity contribution in [1.29, 1.82) is 0 Å². The number of carbonyl (C=O) groups excluding carboxylic acids is 1. The molecule has 0 atom stereocenters. The van der Waals surface area contributed by atoms with Crippen molar-refractivity contribution in [3.63, 3.8) is 0 Å². The number of halogens is 1. The molecule has 0 N–H and O–H groups in total. The van der Waals surface area contributed by atoms with Crippen molar-refractivity contribution >= 4 is 17.4 Å². The maximum atomic E-state index is 12.2. The number of rotatable bonds is 5. The van der Waals surface area contributed by atoms with Crippen LogP contribution in [0.5, 0.6) is 0 Å². The number of hydrogen-bond acceptors (Lipinski definition) is 3. The first-order chi connectivity index (χ1) is 7.44. The Labute approximate surface area is 101 Å². The molecule has 0 radical (unpaired) electrons. The van der Waals surface area contributed by atoms with Gasteiger partial charge in [0.05, 0.1) is 11.2 Å². The normalized spacial score (nSPS) is 11.8. The van der Waals surface area contributed by atoms with Crippen LogP contribution in [0.15, 0.2) is 6.20 Å². The van der Waals surface area contributed by atoms with E-state index < -0.39 is 5.60 Å². The van der Waals surface area contributed by atoms with Crippen molar-refractivity contribution < 1.29 is 9.53 Å². The third kappa shape index (κ3) is 2.44. The summed E-state index contributed by atoms with van der Waals surface area (Å²) in [5.41, 5.74) is -0.451. The summed E-state index contributed by atoms with van der Waals surface area (Å²) in [6.45, 7) is 8.33. The van der Waals surface area contributed by atoms with Gasteiger partial charge in [0.1, 0.15) is 11.3 Å². The Kier molecular flexibility index (Phi) is 4.10. The van der Waals surface area contributed by atoms with E-state index in [0.29, 0.717) is 23.9 Å². The van der Waals surface area contributed by atoms with Crippen LogP contribution in [0.2, 0.25) is 5.02 Å². The third-order valence-corrected chi connectivity index (χ3v) is 2.64. The Bertz CT molecular complexity index is 385. The number of carbonyl (C=O) groups is 1. The van der Waals surface area contributed by atoms with E-state index in [1.807, 2.05) is 13.8 Å². The summed E-state index contributed by atoms with van der Waals surface area (Å²) in [6.07, 6.45) is 1.49. The van der Waals surface area contributed by atoms with Crippen LogP contribution < -0.4 is 0 Å². The van der Waals surface area contributed by atoms with Crippen LogP contribution in [0.4, 0.5) is 0 Å². The van der Waals surface area contributed by atoms with Crippen LogP contribution in [0.3, 0.4) is 0 Å². The van der Waals surface area contributed by atoms with Crippen molar-refractivity contribution in [3.8, 4) is 0 Å². The summed E-state index contributed by atoms with van der Waals surface area (Å²) >= 11 is 5.97. The minimum Gasteiger partial charge on any atom is -0.368 e. The monoisotopic (exact) mass is 244 g/mol. The van der Waals surface area contributed by atoms with Crippen molar-refractivity contribution in [3.05, 3.63) is 16.9 Å². The van der Waals surface area contributed by atoms with Crippen molar-refractivity contribution in [2.75, 3.05) is 6.61 Å². The highest BCUT2D eigenvalue weighted by Crippen LogP contribution is 2.23. The summed E-state index contributed by atoms with van der Waals surface area (Å²) in [5.74, 6) is -0.140. The van der Waals surface area contributed by atoms with E-state index in [2.05, 4.69) is 5.10 Å². The first kappa shape index (κ1) is 13.2. The van der Waals surface area contributed by atoms with E-state index in [0.717, 1.165) is 0 Å². The van der Waals surface area contributed by atoms with Gasteiger partial charge in [-0.25, -0.2) is 0 Å². The van der Waals surface area contributed by atoms with E-state index in [9.17, 15) is 4.79 Å². The number of Topliss-reactive ketones (excluding diaryl/α,β-unsaturated/α-hetero) is 1. The molecule has 1 aromatic heterocycles. The highest BCUT2D eigenvalue weighted by molar-refractivity contribution is 6.34. The second kappa shape index (κ2) is 4.97. The molecule has 0 saturated carbocycles. The molecule has 1 aromatic rings. The highest BCUT2D eigenvalue weighted by Gasteiger charge is 2.33. The summed E-state index contributed by atoms with van der Waals surface area (Å²) in [5, 5.41) is 4.41. The lowest BCUT2D eigenvalue weighted by molar-refractivity contribution is 0.000485. The molecule has 0 aromatic carbocycles. The van der Waals surface area contributed by atoms with Crippen LogP contribution >= 0.6 is 11.6 Å². The molecule has 90 valence electrons. The predicted octanol–water partition coefficient (Wildman–Crippen LogP) is 2.55. The van der Waals surface area contributed by atoms with Crippen molar-refractivity contribution in [2.45, 2.75) is 39.8 Å². The molecule has 0 amide bonds. The molecular weight excluding hydrogens is 228 g/mol. The van der Waals surface area contributed by atoms with Gasteiger partial charge in [0, 0.05) is 13.2 Å². The number of nitrogens with zero attached hydrogens (tertiary/aromatic N) is 2. The Morgan fingerprint density at radius 2 is 2.19 bits per heavy atom. The molecular formula is C11H17ClN2O2. The standard InChI is InChI=1S/C11H17ClN2O2/c1-5-14-9(8(12)7-13-14)10(15)11(3,4)16-6-2/h7H,5-6H2,1-4H3. The molecule has 1 rings (SSSR count). The fraction of sp³-hybridized carbons (Fsp3) is 0.636. The Hall–Kier alpha value is -0.870.